The molecule has 2 aromatic rings. The zero-order chi connectivity index (χ0) is 14.0. The number of hydrogen-bond donors (Lipinski definition) is 2. The summed E-state index contributed by atoms with van der Waals surface area (Å²) >= 11 is 0. The van der Waals surface area contributed by atoms with Crippen LogP contribution in [0, 0.1) is 13.8 Å². The molecule has 0 unspecified atom stereocenters. The van der Waals surface area contributed by atoms with Gasteiger partial charge in [-0.3, -0.25) is 0 Å². The van der Waals surface area contributed by atoms with Crippen molar-refractivity contribution in [3.05, 3.63) is 41.2 Å². The fourth-order valence-corrected chi connectivity index (χ4v) is 2.26. The molecule has 0 amide bonds. The van der Waals surface area contributed by atoms with E-state index in [1.807, 2.05) is 0 Å². The number of nitrogens with two attached hydrogens (primary N) is 1. The van der Waals surface area contributed by atoms with E-state index in [4.69, 9.17) is 5.73 Å². The number of benzene rings is 1. The average molecular weight is 256 g/mol. The first-order valence-electron chi connectivity index (χ1n) is 6.43. The van der Waals surface area contributed by atoms with Crippen molar-refractivity contribution in [1.82, 2.24) is 9.97 Å². The molecule has 0 fully saturated rings. The lowest BCUT2D eigenvalue weighted by molar-refractivity contribution is 0.855. The van der Waals surface area contributed by atoms with Gasteiger partial charge >= 0.3 is 0 Å². The van der Waals surface area contributed by atoms with Crippen LogP contribution in [0.3, 0.4) is 0 Å². The molecule has 1 aromatic carbocycles. The minimum atomic E-state index is 0.273. The van der Waals surface area contributed by atoms with Crippen molar-refractivity contribution in [2.24, 2.45) is 0 Å². The Labute approximate surface area is 114 Å². The normalized spacial score (nSPS) is 10.8. The van der Waals surface area contributed by atoms with Crippen LogP contribution in [0.5, 0.6) is 0 Å². The molecule has 0 aliphatic rings. The first kappa shape index (κ1) is 13.3. The van der Waals surface area contributed by atoms with Crippen molar-refractivity contribution in [1.29, 1.82) is 0 Å². The smallest absolute Gasteiger partial charge is 0.139 e. The summed E-state index contributed by atoms with van der Waals surface area (Å²) in [6.07, 6.45) is 1.49. The second-order valence-electron chi connectivity index (χ2n) is 5.18. The standard InChI is InChI=1S/C15H20N4/c1-9(2)13-14(16)17-8-18-15(13)19-12-6-10(3)5-11(4)7-12/h5-9H,1-4H3,(H3,16,17,18,19). The topological polar surface area (TPSA) is 63.8 Å². The second-order valence-corrected chi connectivity index (χ2v) is 5.18. The van der Waals surface area contributed by atoms with E-state index < -0.39 is 0 Å². The molecule has 0 spiro atoms. The third-order valence-corrected chi connectivity index (χ3v) is 2.98. The second kappa shape index (κ2) is 5.26. The molecule has 0 saturated heterocycles. The number of aromatic nitrogens is 2. The van der Waals surface area contributed by atoms with Crippen molar-refractivity contribution >= 4 is 17.3 Å². The van der Waals surface area contributed by atoms with Gasteiger partial charge in [-0.1, -0.05) is 19.9 Å². The molecule has 0 aliphatic heterocycles. The highest BCUT2D eigenvalue weighted by atomic mass is 15.0. The summed E-state index contributed by atoms with van der Waals surface area (Å²) in [7, 11) is 0. The SMILES string of the molecule is Cc1cc(C)cc(Nc2ncnc(N)c2C(C)C)c1. The van der Waals surface area contributed by atoms with Crippen LogP contribution in [-0.4, -0.2) is 9.97 Å². The van der Waals surface area contributed by atoms with E-state index in [2.05, 4.69) is 61.2 Å². The van der Waals surface area contributed by atoms with Crippen molar-refractivity contribution in [2.45, 2.75) is 33.6 Å². The number of hydrogen-bond acceptors (Lipinski definition) is 4. The molecule has 1 aromatic heterocycles. The minimum Gasteiger partial charge on any atom is -0.383 e. The van der Waals surface area contributed by atoms with Gasteiger partial charge in [0.2, 0.25) is 0 Å². The highest BCUT2D eigenvalue weighted by Crippen LogP contribution is 2.29. The average Bonchev–Trinajstić information content (AvgIpc) is 2.26. The largest absolute Gasteiger partial charge is 0.383 e. The highest BCUT2D eigenvalue weighted by Gasteiger charge is 2.13. The summed E-state index contributed by atoms with van der Waals surface area (Å²) in [5.41, 5.74) is 10.4. The van der Waals surface area contributed by atoms with Crippen LogP contribution < -0.4 is 11.1 Å². The van der Waals surface area contributed by atoms with Crippen LogP contribution in [0.15, 0.2) is 24.5 Å². The number of nitrogens with zero attached hydrogens (tertiary/aromatic N) is 2. The van der Waals surface area contributed by atoms with Gasteiger partial charge in [0.1, 0.15) is 18.0 Å². The van der Waals surface area contributed by atoms with Gasteiger partial charge in [-0.15, -0.1) is 0 Å². The quantitative estimate of drug-likeness (QED) is 0.881. The number of nitrogens with one attached hydrogen (secondary N) is 1. The van der Waals surface area contributed by atoms with Crippen molar-refractivity contribution in [2.75, 3.05) is 11.1 Å². The predicted octanol–water partition coefficient (Wildman–Crippen LogP) is 3.54. The van der Waals surface area contributed by atoms with Gasteiger partial charge in [-0.05, 0) is 43.0 Å². The summed E-state index contributed by atoms with van der Waals surface area (Å²) in [4.78, 5) is 8.38. The Morgan fingerprint density at radius 3 is 2.26 bits per heavy atom. The summed E-state index contributed by atoms with van der Waals surface area (Å²) < 4.78 is 0. The molecular weight excluding hydrogens is 236 g/mol. The molecule has 1 heterocycles. The van der Waals surface area contributed by atoms with Gasteiger partial charge < -0.3 is 11.1 Å². The van der Waals surface area contributed by atoms with Gasteiger partial charge in [-0.25, -0.2) is 9.97 Å². The molecular formula is C15H20N4. The van der Waals surface area contributed by atoms with Gasteiger partial charge in [0.25, 0.3) is 0 Å². The van der Waals surface area contributed by atoms with Crippen LogP contribution in [0.1, 0.15) is 36.5 Å². The molecule has 0 atom stereocenters. The number of aryl methyl sites for hydroxylation is 2. The van der Waals surface area contributed by atoms with Gasteiger partial charge in [0.15, 0.2) is 0 Å². The fourth-order valence-electron chi connectivity index (χ4n) is 2.26. The Morgan fingerprint density at radius 1 is 1.05 bits per heavy atom. The predicted molar refractivity (Wildman–Crippen MR) is 79.7 cm³/mol. The zero-order valence-electron chi connectivity index (χ0n) is 11.9. The third kappa shape index (κ3) is 3.02. The van der Waals surface area contributed by atoms with Crippen molar-refractivity contribution < 1.29 is 0 Å². The van der Waals surface area contributed by atoms with E-state index in [1.54, 1.807) is 0 Å². The minimum absolute atomic E-state index is 0.273. The summed E-state index contributed by atoms with van der Waals surface area (Å²) in [5, 5.41) is 3.35. The summed E-state index contributed by atoms with van der Waals surface area (Å²) in [5.74, 6) is 1.60. The number of rotatable bonds is 3. The van der Waals surface area contributed by atoms with E-state index in [0.29, 0.717) is 5.82 Å². The monoisotopic (exact) mass is 256 g/mol. The maximum absolute atomic E-state index is 5.94. The van der Waals surface area contributed by atoms with Crippen molar-refractivity contribution in [3.8, 4) is 0 Å². The van der Waals surface area contributed by atoms with Crippen LogP contribution in [-0.2, 0) is 0 Å². The molecule has 0 saturated carbocycles. The van der Waals surface area contributed by atoms with Gasteiger partial charge in [0, 0.05) is 11.3 Å². The number of anilines is 3. The van der Waals surface area contributed by atoms with E-state index in [1.165, 1.54) is 17.5 Å². The summed E-state index contributed by atoms with van der Waals surface area (Å²) in [6, 6.07) is 6.33. The third-order valence-electron chi connectivity index (χ3n) is 2.98. The molecule has 19 heavy (non-hydrogen) atoms. The van der Waals surface area contributed by atoms with Gasteiger partial charge in [-0.2, -0.15) is 0 Å². The fraction of sp³-hybridized carbons (Fsp3) is 0.333. The van der Waals surface area contributed by atoms with Crippen LogP contribution in [0.25, 0.3) is 0 Å². The molecule has 100 valence electrons. The molecule has 0 aliphatic carbocycles. The van der Waals surface area contributed by atoms with E-state index >= 15 is 0 Å². The first-order valence-corrected chi connectivity index (χ1v) is 6.43. The Hall–Kier alpha value is -2.10. The lowest BCUT2D eigenvalue weighted by atomic mass is 10.0. The lowest BCUT2D eigenvalue weighted by Crippen LogP contribution is -2.06. The molecule has 4 heteroatoms. The van der Waals surface area contributed by atoms with Gasteiger partial charge in [0.05, 0.1) is 0 Å². The molecule has 4 nitrogen and oxygen atoms in total. The Bertz CT molecular complexity index is 570. The number of nitrogen functional groups attached to an aromatic ring is 1. The van der Waals surface area contributed by atoms with E-state index in [-0.39, 0.29) is 5.92 Å². The Kier molecular flexibility index (Phi) is 3.69. The zero-order valence-corrected chi connectivity index (χ0v) is 11.9. The molecule has 3 N–H and O–H groups in total. The maximum atomic E-state index is 5.94. The molecule has 2 rings (SSSR count). The lowest BCUT2D eigenvalue weighted by Gasteiger charge is -2.15. The highest BCUT2D eigenvalue weighted by molar-refractivity contribution is 5.65. The van der Waals surface area contributed by atoms with E-state index in [9.17, 15) is 0 Å². The molecule has 0 bridgehead atoms. The maximum Gasteiger partial charge on any atom is 0.139 e. The van der Waals surface area contributed by atoms with Crippen molar-refractivity contribution in [3.63, 3.8) is 0 Å². The molecule has 0 radical (unpaired) electrons. The first-order chi connectivity index (χ1) is 8.97. The Balaban J connectivity index is 2.40. The van der Waals surface area contributed by atoms with Crippen LogP contribution in [0.2, 0.25) is 0 Å². The Morgan fingerprint density at radius 2 is 1.68 bits per heavy atom. The van der Waals surface area contributed by atoms with Crippen LogP contribution >= 0.6 is 0 Å². The summed E-state index contributed by atoms with van der Waals surface area (Å²) in [6.45, 7) is 8.33. The van der Waals surface area contributed by atoms with E-state index in [0.717, 1.165) is 17.1 Å². The van der Waals surface area contributed by atoms with Crippen LogP contribution in [0.4, 0.5) is 17.3 Å².